The first-order chi connectivity index (χ1) is 7.52. The lowest BCUT2D eigenvalue weighted by Gasteiger charge is -2.23. The molecule has 0 fully saturated rings. The summed E-state index contributed by atoms with van der Waals surface area (Å²) in [6.07, 6.45) is 0.173. The molecule has 0 saturated heterocycles. The molecule has 0 aromatic heterocycles. The Morgan fingerprint density at radius 2 is 1.94 bits per heavy atom. The van der Waals surface area contributed by atoms with Crippen LogP contribution in [0.5, 0.6) is 0 Å². The fourth-order valence-corrected chi connectivity index (χ4v) is 1.28. The number of ether oxygens (including phenoxy) is 1. The number of carbonyl (C=O) groups excluding carboxylic acids is 2. The number of nitrogens with zero attached hydrogens (tertiary/aromatic N) is 1. The van der Waals surface area contributed by atoms with Crippen LogP contribution in [-0.4, -0.2) is 48.2 Å². The third-order valence-electron chi connectivity index (χ3n) is 2.07. The zero-order valence-electron chi connectivity index (χ0n) is 10.2. The molecule has 0 spiro atoms. The van der Waals surface area contributed by atoms with Gasteiger partial charge in [-0.2, -0.15) is 0 Å². The van der Waals surface area contributed by atoms with Crippen LogP contribution >= 0.6 is 0 Å². The van der Waals surface area contributed by atoms with E-state index in [0.717, 1.165) is 0 Å². The molecule has 5 heteroatoms. The Bertz CT molecular complexity index is 228. The van der Waals surface area contributed by atoms with Gasteiger partial charge in [0.1, 0.15) is 0 Å². The van der Waals surface area contributed by atoms with Gasteiger partial charge in [-0.25, -0.2) is 0 Å². The van der Waals surface area contributed by atoms with Gasteiger partial charge in [0.05, 0.1) is 19.6 Å². The first kappa shape index (κ1) is 14.9. The zero-order chi connectivity index (χ0) is 12.6. The Kier molecular flexibility index (Phi) is 7.54. The highest BCUT2D eigenvalue weighted by Gasteiger charge is 2.17. The maximum Gasteiger partial charge on any atom is 0.307 e. The van der Waals surface area contributed by atoms with E-state index < -0.39 is 0 Å². The first-order valence-electron chi connectivity index (χ1n) is 5.58. The highest BCUT2D eigenvalue weighted by atomic mass is 16.5. The van der Waals surface area contributed by atoms with E-state index in [1.165, 1.54) is 4.90 Å². The van der Waals surface area contributed by atoms with Crippen LogP contribution in [0.15, 0.2) is 0 Å². The number of hydrogen-bond donors (Lipinski definition) is 1. The van der Waals surface area contributed by atoms with Crippen molar-refractivity contribution in [1.82, 2.24) is 4.90 Å². The second kappa shape index (κ2) is 8.10. The standard InChI is InChI=1S/C11H21NO4/c1-4-16-10(14)5-6-12(7-8-13)11(15)9(2)3/h9,13H,4-8H2,1-3H3. The molecule has 0 aliphatic carbocycles. The third kappa shape index (κ3) is 5.70. The smallest absolute Gasteiger partial charge is 0.307 e. The van der Waals surface area contributed by atoms with Gasteiger partial charge < -0.3 is 14.7 Å². The maximum atomic E-state index is 11.7. The average Bonchev–Trinajstić information content (AvgIpc) is 2.23. The van der Waals surface area contributed by atoms with Crippen LogP contribution in [0, 0.1) is 5.92 Å². The van der Waals surface area contributed by atoms with Gasteiger partial charge in [-0.1, -0.05) is 13.8 Å². The molecule has 0 aliphatic heterocycles. The molecule has 0 heterocycles. The molecule has 16 heavy (non-hydrogen) atoms. The Morgan fingerprint density at radius 1 is 1.31 bits per heavy atom. The molecule has 0 bridgehead atoms. The first-order valence-corrected chi connectivity index (χ1v) is 5.58. The van der Waals surface area contributed by atoms with Crippen molar-refractivity contribution in [2.24, 2.45) is 5.92 Å². The van der Waals surface area contributed by atoms with Gasteiger partial charge in [0, 0.05) is 19.0 Å². The molecular weight excluding hydrogens is 210 g/mol. The second-order valence-electron chi connectivity index (χ2n) is 3.76. The van der Waals surface area contributed by atoms with Crippen LogP contribution in [0.25, 0.3) is 0 Å². The Balaban J connectivity index is 4.13. The minimum Gasteiger partial charge on any atom is -0.466 e. The SMILES string of the molecule is CCOC(=O)CCN(CCO)C(=O)C(C)C. The summed E-state index contributed by atoms with van der Waals surface area (Å²) in [5, 5.41) is 8.83. The minimum absolute atomic E-state index is 0.0571. The maximum absolute atomic E-state index is 11.7. The molecule has 0 saturated carbocycles. The van der Waals surface area contributed by atoms with Gasteiger partial charge >= 0.3 is 5.97 Å². The number of hydrogen-bond acceptors (Lipinski definition) is 4. The van der Waals surface area contributed by atoms with Crippen LogP contribution in [0.2, 0.25) is 0 Å². The highest BCUT2D eigenvalue weighted by Crippen LogP contribution is 2.02. The van der Waals surface area contributed by atoms with Crippen LogP contribution in [0.1, 0.15) is 27.2 Å². The molecule has 1 amide bonds. The molecule has 0 aromatic carbocycles. The molecule has 0 aliphatic rings. The summed E-state index contributed by atoms with van der Waals surface area (Å²) in [5.41, 5.74) is 0. The fraction of sp³-hybridized carbons (Fsp3) is 0.818. The fourth-order valence-electron chi connectivity index (χ4n) is 1.28. The van der Waals surface area contributed by atoms with E-state index in [9.17, 15) is 9.59 Å². The number of rotatable bonds is 7. The van der Waals surface area contributed by atoms with Gasteiger partial charge in [0.2, 0.25) is 5.91 Å². The highest BCUT2D eigenvalue weighted by molar-refractivity contribution is 5.79. The number of aliphatic hydroxyl groups is 1. The zero-order valence-corrected chi connectivity index (χ0v) is 10.2. The number of amides is 1. The van der Waals surface area contributed by atoms with Gasteiger partial charge in [-0.3, -0.25) is 9.59 Å². The average molecular weight is 231 g/mol. The summed E-state index contributed by atoms with van der Waals surface area (Å²) in [7, 11) is 0. The molecule has 0 aromatic rings. The molecule has 1 N–H and O–H groups in total. The number of carbonyl (C=O) groups is 2. The lowest BCUT2D eigenvalue weighted by Crippen LogP contribution is -2.38. The van der Waals surface area contributed by atoms with Crippen molar-refractivity contribution in [3.05, 3.63) is 0 Å². The van der Waals surface area contributed by atoms with Crippen molar-refractivity contribution in [2.45, 2.75) is 27.2 Å². The normalized spacial score (nSPS) is 10.3. The van der Waals surface area contributed by atoms with Gasteiger partial charge in [0.15, 0.2) is 0 Å². The van der Waals surface area contributed by atoms with Crippen LogP contribution in [-0.2, 0) is 14.3 Å². The summed E-state index contributed by atoms with van der Waals surface area (Å²) in [5.74, 6) is -0.505. The Hall–Kier alpha value is -1.10. The molecular formula is C11H21NO4. The van der Waals surface area contributed by atoms with Crippen molar-refractivity contribution in [3.8, 4) is 0 Å². The molecule has 0 atom stereocenters. The van der Waals surface area contributed by atoms with Crippen molar-refractivity contribution in [2.75, 3.05) is 26.3 Å². The van der Waals surface area contributed by atoms with E-state index in [0.29, 0.717) is 13.2 Å². The Morgan fingerprint density at radius 3 is 2.38 bits per heavy atom. The monoisotopic (exact) mass is 231 g/mol. The summed E-state index contributed by atoms with van der Waals surface area (Å²) >= 11 is 0. The molecule has 0 unspecified atom stereocenters. The largest absolute Gasteiger partial charge is 0.466 e. The second-order valence-corrected chi connectivity index (χ2v) is 3.76. The minimum atomic E-state index is -0.318. The molecule has 5 nitrogen and oxygen atoms in total. The Labute approximate surface area is 96.4 Å². The third-order valence-corrected chi connectivity index (χ3v) is 2.07. The van der Waals surface area contributed by atoms with Crippen molar-refractivity contribution < 1.29 is 19.4 Å². The number of aliphatic hydroxyl groups excluding tert-OH is 1. The predicted octanol–water partition coefficient (Wildman–Crippen LogP) is 0.417. The van der Waals surface area contributed by atoms with E-state index >= 15 is 0 Å². The van der Waals surface area contributed by atoms with Crippen LogP contribution in [0.3, 0.4) is 0 Å². The summed E-state index contributed by atoms with van der Waals surface area (Å²) in [4.78, 5) is 24.3. The summed E-state index contributed by atoms with van der Waals surface area (Å²) < 4.78 is 4.77. The lowest BCUT2D eigenvalue weighted by atomic mass is 10.2. The molecule has 0 radical (unpaired) electrons. The van der Waals surface area contributed by atoms with Gasteiger partial charge in [-0.05, 0) is 6.92 Å². The molecule has 0 rings (SSSR count). The van der Waals surface area contributed by atoms with E-state index in [1.807, 2.05) is 0 Å². The molecule has 94 valence electrons. The van der Waals surface area contributed by atoms with Crippen LogP contribution in [0.4, 0.5) is 0 Å². The van der Waals surface area contributed by atoms with E-state index in [2.05, 4.69) is 0 Å². The van der Waals surface area contributed by atoms with E-state index in [1.54, 1.807) is 20.8 Å². The van der Waals surface area contributed by atoms with Crippen molar-refractivity contribution in [3.63, 3.8) is 0 Å². The van der Waals surface area contributed by atoms with Gasteiger partial charge in [0.25, 0.3) is 0 Å². The lowest BCUT2D eigenvalue weighted by molar-refractivity contribution is -0.144. The number of esters is 1. The van der Waals surface area contributed by atoms with Crippen LogP contribution < -0.4 is 0 Å². The topological polar surface area (TPSA) is 66.8 Å². The quantitative estimate of drug-likeness (QED) is 0.645. The van der Waals surface area contributed by atoms with Crippen molar-refractivity contribution >= 4 is 11.9 Å². The van der Waals surface area contributed by atoms with E-state index in [-0.39, 0.29) is 37.4 Å². The predicted molar refractivity (Wildman–Crippen MR) is 59.8 cm³/mol. The van der Waals surface area contributed by atoms with Gasteiger partial charge in [-0.15, -0.1) is 0 Å². The summed E-state index contributed by atoms with van der Waals surface area (Å²) in [6.45, 7) is 6.13. The van der Waals surface area contributed by atoms with E-state index in [4.69, 9.17) is 9.84 Å². The summed E-state index contributed by atoms with van der Waals surface area (Å²) in [6, 6.07) is 0. The van der Waals surface area contributed by atoms with Crippen molar-refractivity contribution in [1.29, 1.82) is 0 Å².